The third kappa shape index (κ3) is 4.81. The van der Waals surface area contributed by atoms with Gasteiger partial charge >= 0.3 is 0 Å². The number of aromatic nitrogens is 1. The maximum atomic E-state index is 5.06. The number of nitrogens with zero attached hydrogens (tertiary/aromatic N) is 1. The molecule has 0 saturated carbocycles. The molecule has 0 aliphatic heterocycles. The van der Waals surface area contributed by atoms with Crippen molar-refractivity contribution in [2.45, 2.75) is 39.3 Å². The van der Waals surface area contributed by atoms with Gasteiger partial charge in [0.25, 0.3) is 0 Å². The lowest BCUT2D eigenvalue weighted by Gasteiger charge is -2.09. The fraction of sp³-hybridized carbons (Fsp3) is 0.692. The molecule has 0 aliphatic carbocycles. The van der Waals surface area contributed by atoms with Crippen molar-refractivity contribution in [2.75, 3.05) is 20.3 Å². The maximum absolute atomic E-state index is 5.06. The number of methoxy groups -OCH3 is 1. The third-order valence-corrected chi connectivity index (χ3v) is 2.68. The number of nitrogens with one attached hydrogen (secondary N) is 1. The van der Waals surface area contributed by atoms with E-state index in [1.165, 1.54) is 18.5 Å². The molecule has 0 unspecified atom stereocenters. The largest absolute Gasteiger partial charge is 0.385 e. The van der Waals surface area contributed by atoms with Gasteiger partial charge in [0, 0.05) is 38.7 Å². The molecule has 0 aliphatic rings. The van der Waals surface area contributed by atoms with E-state index in [-0.39, 0.29) is 0 Å². The van der Waals surface area contributed by atoms with Crippen LogP contribution in [0, 0.1) is 0 Å². The fourth-order valence-corrected chi connectivity index (χ4v) is 1.73. The minimum atomic E-state index is 0.834. The van der Waals surface area contributed by atoms with Gasteiger partial charge in [0.2, 0.25) is 0 Å². The number of unbranched alkanes of at least 4 members (excludes halogenated alkanes) is 1. The van der Waals surface area contributed by atoms with Crippen molar-refractivity contribution < 1.29 is 4.74 Å². The van der Waals surface area contributed by atoms with Gasteiger partial charge in [-0.15, -0.1) is 0 Å². The van der Waals surface area contributed by atoms with E-state index in [0.29, 0.717) is 0 Å². The molecule has 3 nitrogen and oxygen atoms in total. The third-order valence-electron chi connectivity index (χ3n) is 2.68. The van der Waals surface area contributed by atoms with Crippen LogP contribution in [0.15, 0.2) is 18.3 Å². The molecule has 92 valence electrons. The zero-order valence-corrected chi connectivity index (χ0v) is 10.5. The smallest absolute Gasteiger partial charge is 0.0479 e. The predicted octanol–water partition coefficient (Wildman–Crippen LogP) is 2.41. The molecule has 1 rings (SSSR count). The average Bonchev–Trinajstić information content (AvgIpc) is 2.73. The lowest BCUT2D eigenvalue weighted by Crippen LogP contribution is -2.17. The maximum Gasteiger partial charge on any atom is 0.0479 e. The molecule has 0 bridgehead atoms. The van der Waals surface area contributed by atoms with Crippen LogP contribution in [0.25, 0.3) is 0 Å². The Morgan fingerprint density at radius 1 is 1.38 bits per heavy atom. The van der Waals surface area contributed by atoms with Gasteiger partial charge in [0.05, 0.1) is 0 Å². The Labute approximate surface area is 98.8 Å². The Morgan fingerprint density at radius 2 is 2.25 bits per heavy atom. The van der Waals surface area contributed by atoms with Crippen molar-refractivity contribution >= 4 is 0 Å². The molecule has 1 aromatic rings. The van der Waals surface area contributed by atoms with Gasteiger partial charge in [0.1, 0.15) is 0 Å². The fourth-order valence-electron chi connectivity index (χ4n) is 1.73. The number of rotatable bonds is 9. The topological polar surface area (TPSA) is 26.2 Å². The summed E-state index contributed by atoms with van der Waals surface area (Å²) >= 11 is 0. The number of aryl methyl sites for hydroxylation is 1. The molecule has 0 spiro atoms. The summed E-state index contributed by atoms with van der Waals surface area (Å²) in [7, 11) is 1.75. The highest BCUT2D eigenvalue weighted by Crippen LogP contribution is 2.03. The molecular weight excluding hydrogens is 200 g/mol. The molecule has 0 saturated heterocycles. The van der Waals surface area contributed by atoms with Crippen molar-refractivity contribution in [1.82, 2.24) is 9.88 Å². The second-order valence-corrected chi connectivity index (χ2v) is 4.07. The second kappa shape index (κ2) is 8.36. The Hall–Kier alpha value is -0.800. The molecule has 0 radical (unpaired) electrons. The van der Waals surface area contributed by atoms with Gasteiger partial charge in [-0.3, -0.25) is 0 Å². The zero-order valence-electron chi connectivity index (χ0n) is 10.5. The van der Waals surface area contributed by atoms with Crippen LogP contribution in [-0.4, -0.2) is 24.8 Å². The zero-order chi connectivity index (χ0) is 11.6. The van der Waals surface area contributed by atoms with Gasteiger partial charge in [-0.25, -0.2) is 0 Å². The molecule has 1 aromatic heterocycles. The van der Waals surface area contributed by atoms with Crippen LogP contribution >= 0.6 is 0 Å². The van der Waals surface area contributed by atoms with Crippen LogP contribution in [0.1, 0.15) is 31.9 Å². The Balaban J connectivity index is 2.26. The number of hydrogen-bond acceptors (Lipinski definition) is 2. The van der Waals surface area contributed by atoms with Gasteiger partial charge in [-0.05, 0) is 31.5 Å². The minimum Gasteiger partial charge on any atom is -0.385 e. The van der Waals surface area contributed by atoms with Crippen LogP contribution in [0.5, 0.6) is 0 Å². The molecule has 0 amide bonds. The summed E-state index contributed by atoms with van der Waals surface area (Å²) < 4.78 is 7.37. The number of hydrogen-bond donors (Lipinski definition) is 1. The van der Waals surface area contributed by atoms with Crippen LogP contribution in [0.3, 0.4) is 0 Å². The molecule has 1 heterocycles. The highest BCUT2D eigenvalue weighted by Gasteiger charge is 1.99. The summed E-state index contributed by atoms with van der Waals surface area (Å²) in [6.07, 6.45) is 5.73. The van der Waals surface area contributed by atoms with Gasteiger partial charge in [-0.1, -0.05) is 13.3 Å². The van der Waals surface area contributed by atoms with E-state index in [1.54, 1.807) is 7.11 Å². The molecule has 0 aromatic carbocycles. The normalized spacial score (nSPS) is 10.9. The molecule has 16 heavy (non-hydrogen) atoms. The molecule has 0 fully saturated rings. The van der Waals surface area contributed by atoms with Crippen molar-refractivity contribution in [3.63, 3.8) is 0 Å². The van der Waals surface area contributed by atoms with E-state index in [4.69, 9.17) is 4.74 Å². The summed E-state index contributed by atoms with van der Waals surface area (Å²) in [5.41, 5.74) is 1.37. The Bertz CT molecular complexity index is 271. The van der Waals surface area contributed by atoms with Crippen molar-refractivity contribution in [3.05, 3.63) is 24.0 Å². The molecular formula is C13H24N2O. The monoisotopic (exact) mass is 224 g/mol. The first-order valence-electron chi connectivity index (χ1n) is 6.22. The van der Waals surface area contributed by atoms with Crippen LogP contribution in [0.2, 0.25) is 0 Å². The minimum absolute atomic E-state index is 0.834. The Kier molecular flexibility index (Phi) is 6.93. The van der Waals surface area contributed by atoms with Gasteiger partial charge in [0.15, 0.2) is 0 Å². The van der Waals surface area contributed by atoms with Crippen LogP contribution in [0.4, 0.5) is 0 Å². The van der Waals surface area contributed by atoms with E-state index in [9.17, 15) is 0 Å². The first kappa shape index (κ1) is 13.3. The predicted molar refractivity (Wildman–Crippen MR) is 67.5 cm³/mol. The summed E-state index contributed by atoms with van der Waals surface area (Å²) in [5, 5.41) is 3.47. The summed E-state index contributed by atoms with van der Waals surface area (Å²) in [4.78, 5) is 0. The average molecular weight is 224 g/mol. The van der Waals surface area contributed by atoms with E-state index in [2.05, 4.69) is 35.1 Å². The summed E-state index contributed by atoms with van der Waals surface area (Å²) in [6, 6.07) is 4.30. The Morgan fingerprint density at radius 3 is 3.00 bits per heavy atom. The van der Waals surface area contributed by atoms with E-state index < -0.39 is 0 Å². The van der Waals surface area contributed by atoms with E-state index >= 15 is 0 Å². The van der Waals surface area contributed by atoms with Gasteiger partial charge in [-0.2, -0.15) is 0 Å². The molecule has 0 atom stereocenters. The van der Waals surface area contributed by atoms with Crippen molar-refractivity contribution in [1.29, 1.82) is 0 Å². The van der Waals surface area contributed by atoms with Crippen molar-refractivity contribution in [2.24, 2.45) is 0 Å². The number of ether oxygens (including phenoxy) is 1. The first-order chi connectivity index (χ1) is 7.88. The second-order valence-electron chi connectivity index (χ2n) is 4.07. The highest BCUT2D eigenvalue weighted by atomic mass is 16.5. The van der Waals surface area contributed by atoms with Crippen LogP contribution in [-0.2, 0) is 17.8 Å². The van der Waals surface area contributed by atoms with Gasteiger partial charge < -0.3 is 14.6 Å². The standard InChI is InChI=1S/C13H24N2O/c1-3-4-8-14-12-13-7-5-9-15(13)10-6-11-16-2/h5,7,9,14H,3-4,6,8,10-12H2,1-2H3. The summed E-state index contributed by atoms with van der Waals surface area (Å²) in [6.45, 7) is 6.18. The highest BCUT2D eigenvalue weighted by molar-refractivity contribution is 5.06. The summed E-state index contributed by atoms with van der Waals surface area (Å²) in [5.74, 6) is 0. The lowest BCUT2D eigenvalue weighted by atomic mass is 10.3. The molecule has 1 N–H and O–H groups in total. The van der Waals surface area contributed by atoms with Crippen LogP contribution < -0.4 is 5.32 Å². The van der Waals surface area contributed by atoms with E-state index in [1.807, 2.05) is 0 Å². The van der Waals surface area contributed by atoms with E-state index in [0.717, 1.165) is 32.7 Å². The van der Waals surface area contributed by atoms with Crippen molar-refractivity contribution in [3.8, 4) is 0 Å². The quantitative estimate of drug-likeness (QED) is 0.652. The lowest BCUT2D eigenvalue weighted by molar-refractivity contribution is 0.190. The molecule has 3 heteroatoms. The SMILES string of the molecule is CCCCNCc1cccn1CCCOC. The first-order valence-corrected chi connectivity index (χ1v) is 6.22.